The Hall–Kier alpha value is -3.60. The van der Waals surface area contributed by atoms with Crippen LogP contribution < -0.4 is 10.1 Å². The van der Waals surface area contributed by atoms with Crippen molar-refractivity contribution in [1.82, 2.24) is 14.9 Å². The van der Waals surface area contributed by atoms with Crippen LogP contribution in [0, 0.1) is 13.8 Å². The normalized spacial score (nSPS) is 11.1. The largest absolute Gasteiger partial charge is 0.491 e. The smallest absolute Gasteiger partial charge is 0.220 e. The lowest BCUT2D eigenvalue weighted by Crippen LogP contribution is -2.24. The van der Waals surface area contributed by atoms with E-state index in [1.165, 1.54) is 11.1 Å². The van der Waals surface area contributed by atoms with Gasteiger partial charge in [0.25, 0.3) is 0 Å². The minimum atomic E-state index is 0.129. The molecule has 1 aromatic heterocycles. The number of unbranched alkanes of at least 4 members (excludes halogenated alkanes) is 2. The summed E-state index contributed by atoms with van der Waals surface area (Å²) < 4.78 is 8.40. The zero-order valence-electron chi connectivity index (χ0n) is 21.5. The highest BCUT2D eigenvalue weighted by Gasteiger charge is 2.11. The van der Waals surface area contributed by atoms with Gasteiger partial charge in [-0.05, 0) is 62.4 Å². The average molecular weight is 484 g/mol. The molecule has 0 aliphatic carbocycles. The van der Waals surface area contributed by atoms with E-state index in [4.69, 9.17) is 9.72 Å². The highest BCUT2D eigenvalue weighted by molar-refractivity contribution is 5.76. The Morgan fingerprint density at radius 2 is 1.72 bits per heavy atom. The first-order chi connectivity index (χ1) is 17.6. The van der Waals surface area contributed by atoms with Crippen molar-refractivity contribution >= 4 is 16.9 Å². The molecule has 0 unspecified atom stereocenters. The first kappa shape index (κ1) is 25.5. The number of hydrogen-bond acceptors (Lipinski definition) is 3. The van der Waals surface area contributed by atoms with E-state index in [9.17, 15) is 4.79 Å². The maximum atomic E-state index is 12.1. The van der Waals surface area contributed by atoms with Crippen molar-refractivity contribution in [2.24, 2.45) is 0 Å². The maximum absolute atomic E-state index is 12.1. The number of nitrogens with one attached hydrogen (secondary N) is 1. The molecule has 188 valence electrons. The van der Waals surface area contributed by atoms with Gasteiger partial charge in [-0.3, -0.25) is 4.79 Å². The summed E-state index contributed by atoms with van der Waals surface area (Å²) in [4.78, 5) is 17.0. The van der Waals surface area contributed by atoms with Gasteiger partial charge < -0.3 is 14.6 Å². The van der Waals surface area contributed by atoms with Crippen LogP contribution in [-0.4, -0.2) is 28.6 Å². The molecule has 0 saturated heterocycles. The van der Waals surface area contributed by atoms with Crippen molar-refractivity contribution in [3.8, 4) is 5.75 Å². The summed E-state index contributed by atoms with van der Waals surface area (Å²) in [5, 5.41) is 3.06. The molecule has 0 saturated carbocycles. The van der Waals surface area contributed by atoms with E-state index in [1.807, 2.05) is 24.3 Å². The van der Waals surface area contributed by atoms with Crippen molar-refractivity contribution in [3.63, 3.8) is 0 Å². The Bertz CT molecular complexity index is 1260. The summed E-state index contributed by atoms with van der Waals surface area (Å²) >= 11 is 0. The van der Waals surface area contributed by atoms with Crippen LogP contribution in [0.1, 0.15) is 48.2 Å². The molecule has 4 aromatic rings. The average Bonchev–Trinajstić information content (AvgIpc) is 3.24. The van der Waals surface area contributed by atoms with E-state index in [0.29, 0.717) is 13.0 Å². The monoisotopic (exact) mass is 483 g/mol. The third-order valence-electron chi connectivity index (χ3n) is 6.52. The minimum Gasteiger partial charge on any atom is -0.491 e. The summed E-state index contributed by atoms with van der Waals surface area (Å²) in [6, 6.07) is 24.8. The number of carbonyl (C=O) groups is 1. The maximum Gasteiger partial charge on any atom is 0.220 e. The van der Waals surface area contributed by atoms with Crippen molar-refractivity contribution in [2.75, 3.05) is 13.2 Å². The molecule has 0 radical (unpaired) electrons. The highest BCUT2D eigenvalue weighted by Crippen LogP contribution is 2.21. The number of amides is 1. The molecule has 1 N–H and O–H groups in total. The topological polar surface area (TPSA) is 56.1 Å². The second-order valence-corrected chi connectivity index (χ2v) is 9.43. The molecule has 1 heterocycles. The molecule has 36 heavy (non-hydrogen) atoms. The van der Waals surface area contributed by atoms with Gasteiger partial charge in [-0.25, -0.2) is 4.98 Å². The Labute approximate surface area is 214 Å². The van der Waals surface area contributed by atoms with Gasteiger partial charge in [-0.15, -0.1) is 0 Å². The van der Waals surface area contributed by atoms with E-state index in [1.54, 1.807) is 0 Å². The molecule has 0 bridgehead atoms. The molecule has 0 aliphatic heterocycles. The Morgan fingerprint density at radius 1 is 0.917 bits per heavy atom. The van der Waals surface area contributed by atoms with Gasteiger partial charge in [0.1, 0.15) is 18.2 Å². The molecule has 5 heteroatoms. The minimum absolute atomic E-state index is 0.129. The fourth-order valence-corrected chi connectivity index (χ4v) is 4.58. The molecule has 0 atom stereocenters. The van der Waals surface area contributed by atoms with Crippen LogP contribution >= 0.6 is 0 Å². The zero-order valence-corrected chi connectivity index (χ0v) is 21.5. The van der Waals surface area contributed by atoms with E-state index in [-0.39, 0.29) is 5.91 Å². The quantitative estimate of drug-likeness (QED) is 0.231. The van der Waals surface area contributed by atoms with Crippen LogP contribution in [0.2, 0.25) is 0 Å². The number of ether oxygens (including phenoxy) is 1. The second-order valence-electron chi connectivity index (χ2n) is 9.43. The van der Waals surface area contributed by atoms with Crippen LogP contribution in [0.4, 0.5) is 0 Å². The van der Waals surface area contributed by atoms with Crippen LogP contribution in [0.5, 0.6) is 5.75 Å². The SMILES string of the molecule is Cc1ccc(OCCn2c(CCCCCNC(=O)CCc3ccccc3)nc3ccccc32)c(C)c1. The standard InChI is InChI=1S/C31H37N3O2/c1-24-16-18-29(25(2)23-24)36-22-21-34-28-14-9-8-13-27(28)33-30(34)15-7-4-10-20-32-31(35)19-17-26-11-5-3-6-12-26/h3,5-6,8-9,11-14,16,18,23H,4,7,10,15,17,19-22H2,1-2H3,(H,32,35). The number of carbonyl (C=O) groups excluding carboxylic acids is 1. The number of aryl methyl sites for hydroxylation is 4. The fourth-order valence-electron chi connectivity index (χ4n) is 4.58. The van der Waals surface area contributed by atoms with Crippen molar-refractivity contribution in [3.05, 3.63) is 95.3 Å². The number of rotatable bonds is 13. The Kier molecular flexibility index (Phi) is 9.15. The van der Waals surface area contributed by atoms with E-state index in [2.05, 4.69) is 72.3 Å². The summed E-state index contributed by atoms with van der Waals surface area (Å²) in [5.41, 5.74) is 5.80. The van der Waals surface area contributed by atoms with Gasteiger partial charge in [-0.1, -0.05) is 66.6 Å². The Balaban J connectivity index is 1.22. The molecule has 4 rings (SSSR count). The first-order valence-corrected chi connectivity index (χ1v) is 13.0. The van der Waals surface area contributed by atoms with Crippen LogP contribution in [-0.2, 0) is 24.2 Å². The van der Waals surface area contributed by atoms with Crippen molar-refractivity contribution in [1.29, 1.82) is 0 Å². The van der Waals surface area contributed by atoms with Crippen LogP contribution in [0.15, 0.2) is 72.8 Å². The van der Waals surface area contributed by atoms with Gasteiger partial charge in [-0.2, -0.15) is 0 Å². The van der Waals surface area contributed by atoms with Gasteiger partial charge in [0, 0.05) is 19.4 Å². The van der Waals surface area contributed by atoms with E-state index < -0.39 is 0 Å². The molecule has 5 nitrogen and oxygen atoms in total. The summed E-state index contributed by atoms with van der Waals surface area (Å²) in [6.45, 7) is 6.29. The summed E-state index contributed by atoms with van der Waals surface area (Å²) in [5.74, 6) is 2.18. The van der Waals surface area contributed by atoms with E-state index >= 15 is 0 Å². The summed E-state index contributed by atoms with van der Waals surface area (Å²) in [6.07, 6.45) is 5.32. The van der Waals surface area contributed by atoms with Crippen molar-refractivity contribution < 1.29 is 9.53 Å². The lowest BCUT2D eigenvalue weighted by atomic mass is 10.1. The number of hydrogen-bond donors (Lipinski definition) is 1. The number of imidazole rings is 1. The molecular formula is C31H37N3O2. The molecule has 0 fully saturated rings. The van der Waals surface area contributed by atoms with Crippen LogP contribution in [0.25, 0.3) is 11.0 Å². The molecule has 0 aliphatic rings. The van der Waals surface area contributed by atoms with Crippen molar-refractivity contribution in [2.45, 2.75) is 58.9 Å². The predicted molar refractivity (Wildman–Crippen MR) is 146 cm³/mol. The molecular weight excluding hydrogens is 446 g/mol. The van der Waals surface area contributed by atoms with Crippen LogP contribution in [0.3, 0.4) is 0 Å². The molecule has 0 spiro atoms. The molecule has 1 amide bonds. The summed E-state index contributed by atoms with van der Waals surface area (Å²) in [7, 11) is 0. The van der Waals surface area contributed by atoms with Gasteiger partial charge in [0.05, 0.1) is 17.6 Å². The lowest BCUT2D eigenvalue weighted by molar-refractivity contribution is -0.121. The number of fused-ring (bicyclic) bond motifs is 1. The number of aromatic nitrogens is 2. The second kappa shape index (κ2) is 12.9. The number of para-hydroxylation sites is 2. The zero-order chi connectivity index (χ0) is 25.2. The van der Waals surface area contributed by atoms with Gasteiger partial charge >= 0.3 is 0 Å². The lowest BCUT2D eigenvalue weighted by Gasteiger charge is -2.13. The highest BCUT2D eigenvalue weighted by atomic mass is 16.5. The van der Waals surface area contributed by atoms with E-state index in [0.717, 1.165) is 73.4 Å². The van der Waals surface area contributed by atoms with Gasteiger partial charge in [0.15, 0.2) is 0 Å². The first-order valence-electron chi connectivity index (χ1n) is 13.0. The fraction of sp³-hybridized carbons (Fsp3) is 0.355. The third kappa shape index (κ3) is 7.20. The number of nitrogens with zero attached hydrogens (tertiary/aromatic N) is 2. The predicted octanol–water partition coefficient (Wildman–Crippen LogP) is 6.19. The number of benzene rings is 3. The molecule has 3 aromatic carbocycles. The third-order valence-corrected chi connectivity index (χ3v) is 6.52. The Morgan fingerprint density at radius 3 is 2.56 bits per heavy atom. The van der Waals surface area contributed by atoms with Gasteiger partial charge in [0.2, 0.25) is 5.91 Å².